The molecule has 2 rings (SSSR count). The van der Waals surface area contributed by atoms with Gasteiger partial charge in [0.05, 0.1) is 4.47 Å². The second kappa shape index (κ2) is 7.07. The lowest BCUT2D eigenvalue weighted by Crippen LogP contribution is -2.11. The van der Waals surface area contributed by atoms with E-state index in [1.54, 1.807) is 24.3 Å². The van der Waals surface area contributed by atoms with E-state index >= 15 is 0 Å². The molecule has 106 valence electrons. The summed E-state index contributed by atoms with van der Waals surface area (Å²) in [6.07, 6.45) is 0. The van der Waals surface area contributed by atoms with Crippen LogP contribution >= 0.6 is 27.5 Å². The maximum Gasteiger partial charge on any atom is 0.166 e. The molecule has 0 bridgehead atoms. The Kier molecular flexibility index (Phi) is 5.40. The highest BCUT2D eigenvalue weighted by atomic mass is 79.9. The Morgan fingerprint density at radius 3 is 2.60 bits per heavy atom. The van der Waals surface area contributed by atoms with E-state index in [0.29, 0.717) is 21.8 Å². The van der Waals surface area contributed by atoms with Crippen molar-refractivity contribution in [2.24, 2.45) is 0 Å². The molecule has 0 aliphatic rings. The molecule has 20 heavy (non-hydrogen) atoms. The molecule has 2 nitrogen and oxygen atoms in total. The van der Waals surface area contributed by atoms with Crippen LogP contribution in [0.5, 0.6) is 11.5 Å². The van der Waals surface area contributed by atoms with Crippen LogP contribution in [-0.2, 0) is 6.54 Å². The summed E-state index contributed by atoms with van der Waals surface area (Å²) in [5.41, 5.74) is 0.881. The quantitative estimate of drug-likeness (QED) is 0.798. The first-order valence-corrected chi connectivity index (χ1v) is 7.39. The van der Waals surface area contributed by atoms with Gasteiger partial charge in [-0.2, -0.15) is 0 Å². The molecule has 2 aromatic rings. The van der Waals surface area contributed by atoms with Gasteiger partial charge in [-0.15, -0.1) is 0 Å². The van der Waals surface area contributed by atoms with Crippen molar-refractivity contribution in [1.29, 1.82) is 0 Å². The third kappa shape index (κ3) is 3.95. The Labute approximate surface area is 131 Å². The molecule has 0 aromatic heterocycles. The molecule has 0 atom stereocenters. The Morgan fingerprint density at radius 2 is 1.95 bits per heavy atom. The first-order chi connectivity index (χ1) is 9.60. The lowest BCUT2D eigenvalue weighted by molar-refractivity contribution is 0.439. The van der Waals surface area contributed by atoms with Crippen LogP contribution in [0.25, 0.3) is 0 Å². The minimum atomic E-state index is -0.387. The first-order valence-electron chi connectivity index (χ1n) is 6.22. The van der Waals surface area contributed by atoms with Crippen molar-refractivity contribution in [2.45, 2.75) is 13.5 Å². The van der Waals surface area contributed by atoms with Crippen LogP contribution < -0.4 is 10.1 Å². The van der Waals surface area contributed by atoms with Crippen LogP contribution in [0.3, 0.4) is 0 Å². The van der Waals surface area contributed by atoms with Gasteiger partial charge in [0.15, 0.2) is 11.6 Å². The zero-order valence-corrected chi connectivity index (χ0v) is 13.3. The minimum Gasteiger partial charge on any atom is -0.453 e. The van der Waals surface area contributed by atoms with E-state index in [9.17, 15) is 4.39 Å². The lowest BCUT2D eigenvalue weighted by atomic mass is 10.2. The summed E-state index contributed by atoms with van der Waals surface area (Å²) in [6.45, 7) is 3.49. The average Bonchev–Trinajstić information content (AvgIpc) is 2.42. The second-order valence-corrected chi connectivity index (χ2v) is 5.51. The van der Waals surface area contributed by atoms with Crippen molar-refractivity contribution in [3.8, 4) is 11.5 Å². The summed E-state index contributed by atoms with van der Waals surface area (Å²) in [7, 11) is 0. The van der Waals surface area contributed by atoms with Crippen molar-refractivity contribution < 1.29 is 9.13 Å². The first kappa shape index (κ1) is 15.3. The van der Waals surface area contributed by atoms with E-state index < -0.39 is 0 Å². The molecule has 2 aromatic carbocycles. The fourth-order valence-electron chi connectivity index (χ4n) is 1.68. The highest BCUT2D eigenvalue weighted by Gasteiger charge is 2.08. The fraction of sp³-hybridized carbons (Fsp3) is 0.200. The monoisotopic (exact) mass is 357 g/mol. The molecule has 0 saturated carbocycles. The predicted molar refractivity (Wildman–Crippen MR) is 83.0 cm³/mol. The number of nitrogens with one attached hydrogen (secondary N) is 1. The maximum atomic E-state index is 14.0. The topological polar surface area (TPSA) is 21.3 Å². The molecule has 0 saturated heterocycles. The van der Waals surface area contributed by atoms with Crippen LogP contribution in [0.4, 0.5) is 4.39 Å². The van der Waals surface area contributed by atoms with E-state index in [4.69, 9.17) is 16.3 Å². The number of benzene rings is 2. The van der Waals surface area contributed by atoms with Gasteiger partial charge >= 0.3 is 0 Å². The number of halogens is 3. The van der Waals surface area contributed by atoms with Crippen molar-refractivity contribution in [1.82, 2.24) is 5.32 Å². The summed E-state index contributed by atoms with van der Waals surface area (Å²) in [6, 6.07) is 10.0. The van der Waals surface area contributed by atoms with Gasteiger partial charge < -0.3 is 10.1 Å². The Bertz CT molecular complexity index is 606. The lowest BCUT2D eigenvalue weighted by Gasteiger charge is -2.10. The summed E-state index contributed by atoms with van der Waals surface area (Å²) >= 11 is 9.19. The molecule has 0 amide bonds. The second-order valence-electron chi connectivity index (χ2n) is 4.22. The van der Waals surface area contributed by atoms with Crippen LogP contribution in [0.1, 0.15) is 12.5 Å². The summed E-state index contributed by atoms with van der Waals surface area (Å²) in [5.74, 6) is 0.322. The van der Waals surface area contributed by atoms with E-state index in [1.807, 2.05) is 13.0 Å². The van der Waals surface area contributed by atoms with E-state index in [0.717, 1.165) is 12.1 Å². The molecule has 1 N–H and O–H groups in total. The Hall–Kier alpha value is -1.10. The average molecular weight is 359 g/mol. The molecular weight excluding hydrogens is 345 g/mol. The third-order valence-electron chi connectivity index (χ3n) is 2.69. The largest absolute Gasteiger partial charge is 0.453 e. The molecule has 0 unspecified atom stereocenters. The SMILES string of the molecule is CCNCc1ccc(Oc2ccc(Cl)cc2Br)c(F)c1. The Balaban J connectivity index is 2.17. The fourth-order valence-corrected chi connectivity index (χ4v) is 2.45. The van der Waals surface area contributed by atoms with E-state index in [2.05, 4.69) is 21.2 Å². The highest BCUT2D eigenvalue weighted by molar-refractivity contribution is 9.10. The molecule has 0 aliphatic heterocycles. The van der Waals surface area contributed by atoms with Gasteiger partial charge in [-0.3, -0.25) is 0 Å². The summed E-state index contributed by atoms with van der Waals surface area (Å²) in [4.78, 5) is 0. The van der Waals surface area contributed by atoms with Gasteiger partial charge in [0.2, 0.25) is 0 Å². The zero-order chi connectivity index (χ0) is 14.5. The van der Waals surface area contributed by atoms with Crippen molar-refractivity contribution in [3.63, 3.8) is 0 Å². The molecule has 0 aliphatic carbocycles. The number of ether oxygens (including phenoxy) is 1. The van der Waals surface area contributed by atoms with Crippen molar-refractivity contribution in [2.75, 3.05) is 6.54 Å². The van der Waals surface area contributed by atoms with Crippen molar-refractivity contribution in [3.05, 3.63) is 57.3 Å². The highest BCUT2D eigenvalue weighted by Crippen LogP contribution is 2.33. The number of rotatable bonds is 5. The normalized spacial score (nSPS) is 10.6. The third-order valence-corrected chi connectivity index (χ3v) is 3.54. The molecule has 0 radical (unpaired) electrons. The van der Waals surface area contributed by atoms with Gasteiger partial charge in [-0.25, -0.2) is 4.39 Å². The Morgan fingerprint density at radius 1 is 1.20 bits per heavy atom. The van der Waals surface area contributed by atoms with Gasteiger partial charge in [0, 0.05) is 11.6 Å². The van der Waals surface area contributed by atoms with Crippen LogP contribution in [0, 0.1) is 5.82 Å². The van der Waals surface area contributed by atoms with Crippen LogP contribution in [-0.4, -0.2) is 6.54 Å². The van der Waals surface area contributed by atoms with Gasteiger partial charge in [-0.1, -0.05) is 24.6 Å². The standard InChI is InChI=1S/C15H14BrClFNO/c1-2-19-9-10-3-5-15(13(18)7-10)20-14-6-4-11(17)8-12(14)16/h3-8,19H,2,9H2,1H3. The molecule has 0 fully saturated rings. The van der Waals surface area contributed by atoms with Crippen LogP contribution in [0.2, 0.25) is 5.02 Å². The smallest absolute Gasteiger partial charge is 0.166 e. The van der Waals surface area contributed by atoms with Crippen molar-refractivity contribution >= 4 is 27.5 Å². The van der Waals surface area contributed by atoms with E-state index in [1.165, 1.54) is 6.07 Å². The molecule has 5 heteroatoms. The summed E-state index contributed by atoms with van der Waals surface area (Å²) in [5, 5.41) is 3.74. The predicted octanol–water partition coefficient (Wildman–Crippen LogP) is 5.14. The number of hydrogen-bond acceptors (Lipinski definition) is 2. The van der Waals surface area contributed by atoms with E-state index in [-0.39, 0.29) is 11.6 Å². The minimum absolute atomic E-state index is 0.188. The number of hydrogen-bond donors (Lipinski definition) is 1. The van der Waals surface area contributed by atoms with Crippen LogP contribution in [0.15, 0.2) is 40.9 Å². The molecular formula is C15H14BrClFNO. The molecule has 0 spiro atoms. The zero-order valence-electron chi connectivity index (χ0n) is 10.9. The van der Waals surface area contributed by atoms with Gasteiger partial charge in [0.1, 0.15) is 5.75 Å². The maximum absolute atomic E-state index is 14.0. The van der Waals surface area contributed by atoms with Gasteiger partial charge in [-0.05, 0) is 58.4 Å². The molecule has 0 heterocycles. The summed E-state index contributed by atoms with van der Waals surface area (Å²) < 4.78 is 20.2. The van der Waals surface area contributed by atoms with Gasteiger partial charge in [0.25, 0.3) is 0 Å².